The molecule has 1 aliphatic heterocycles. The average molecular weight is 265 g/mol. The summed E-state index contributed by atoms with van der Waals surface area (Å²) in [4.78, 5) is 14.1. The molecule has 4 heteroatoms. The number of rotatable bonds is 2. The number of hydrogen-bond donors (Lipinski definition) is 2. The van der Waals surface area contributed by atoms with Gasteiger partial charge in [0.15, 0.2) is 0 Å². The van der Waals surface area contributed by atoms with Crippen LogP contribution in [0.15, 0.2) is 0 Å². The summed E-state index contributed by atoms with van der Waals surface area (Å²) in [5, 5.41) is 3.17. The largest absolute Gasteiger partial charge is 0.338 e. The molecular formula is C15H27N3O. The van der Waals surface area contributed by atoms with Crippen molar-refractivity contribution in [2.24, 2.45) is 23.5 Å². The summed E-state index contributed by atoms with van der Waals surface area (Å²) in [5.41, 5.74) is 5.87. The van der Waals surface area contributed by atoms with Crippen molar-refractivity contribution < 1.29 is 4.79 Å². The first-order valence-corrected chi connectivity index (χ1v) is 8.00. The van der Waals surface area contributed by atoms with E-state index in [-0.39, 0.29) is 12.1 Å². The topological polar surface area (TPSA) is 58.4 Å². The van der Waals surface area contributed by atoms with Crippen LogP contribution in [0.2, 0.25) is 0 Å². The second-order valence-electron chi connectivity index (χ2n) is 6.79. The number of nitrogens with one attached hydrogen (secondary N) is 1. The maximum absolute atomic E-state index is 12.1. The zero-order chi connectivity index (χ0) is 13.2. The van der Waals surface area contributed by atoms with Crippen LogP contribution in [0.25, 0.3) is 0 Å². The van der Waals surface area contributed by atoms with Crippen LogP contribution in [0.4, 0.5) is 4.79 Å². The molecule has 4 aliphatic rings. The smallest absolute Gasteiger partial charge is 0.317 e. The fourth-order valence-corrected chi connectivity index (χ4v) is 4.20. The molecule has 0 spiro atoms. The van der Waals surface area contributed by atoms with Gasteiger partial charge in [0.25, 0.3) is 0 Å². The summed E-state index contributed by atoms with van der Waals surface area (Å²) in [6, 6.07) is 0.423. The number of carbonyl (C=O) groups is 1. The van der Waals surface area contributed by atoms with E-state index >= 15 is 0 Å². The number of carbonyl (C=O) groups excluding carboxylic acids is 1. The van der Waals surface area contributed by atoms with Crippen LogP contribution in [-0.2, 0) is 0 Å². The lowest BCUT2D eigenvalue weighted by Crippen LogP contribution is -2.49. The Morgan fingerprint density at radius 2 is 1.79 bits per heavy atom. The third-order valence-corrected chi connectivity index (χ3v) is 5.54. The van der Waals surface area contributed by atoms with E-state index < -0.39 is 0 Å². The highest BCUT2D eigenvalue weighted by Crippen LogP contribution is 2.44. The molecule has 3 saturated carbocycles. The molecule has 4 nitrogen and oxygen atoms in total. The van der Waals surface area contributed by atoms with Gasteiger partial charge in [0.2, 0.25) is 0 Å². The summed E-state index contributed by atoms with van der Waals surface area (Å²) < 4.78 is 0. The number of likely N-dealkylation sites (tertiary alicyclic amines) is 1. The summed E-state index contributed by atoms with van der Waals surface area (Å²) in [6.45, 7) is 2.54. The molecule has 2 bridgehead atoms. The van der Waals surface area contributed by atoms with Crippen molar-refractivity contribution >= 4 is 6.03 Å². The minimum atomic E-state index is 0.133. The monoisotopic (exact) mass is 265 g/mol. The highest BCUT2D eigenvalue weighted by atomic mass is 16.2. The fourth-order valence-electron chi connectivity index (χ4n) is 4.20. The van der Waals surface area contributed by atoms with E-state index in [1.54, 1.807) is 0 Å². The third kappa shape index (κ3) is 3.04. The van der Waals surface area contributed by atoms with E-state index in [1.165, 1.54) is 32.1 Å². The molecule has 4 rings (SSSR count). The summed E-state index contributed by atoms with van der Waals surface area (Å²) in [6.07, 6.45) is 8.88. The number of fused-ring (bicyclic) bond motifs is 3. The Bertz CT molecular complexity index is 317. The first-order chi connectivity index (χ1) is 9.22. The van der Waals surface area contributed by atoms with Crippen LogP contribution < -0.4 is 11.1 Å². The van der Waals surface area contributed by atoms with Crippen LogP contribution >= 0.6 is 0 Å². The number of nitrogens with zero attached hydrogens (tertiary/aromatic N) is 1. The van der Waals surface area contributed by atoms with Gasteiger partial charge >= 0.3 is 6.03 Å². The van der Waals surface area contributed by atoms with Crippen molar-refractivity contribution in [3.8, 4) is 0 Å². The molecule has 0 aromatic carbocycles. The van der Waals surface area contributed by atoms with Crippen molar-refractivity contribution in [1.82, 2.24) is 10.2 Å². The van der Waals surface area contributed by atoms with Crippen molar-refractivity contribution in [3.63, 3.8) is 0 Å². The molecule has 1 unspecified atom stereocenters. The predicted molar refractivity (Wildman–Crippen MR) is 75.7 cm³/mol. The summed E-state index contributed by atoms with van der Waals surface area (Å²) >= 11 is 0. The number of nitrogens with two attached hydrogens (primary N) is 1. The molecule has 0 radical (unpaired) electrons. The van der Waals surface area contributed by atoms with Gasteiger partial charge in [-0.1, -0.05) is 12.8 Å². The molecule has 19 heavy (non-hydrogen) atoms. The number of amides is 2. The zero-order valence-electron chi connectivity index (χ0n) is 11.8. The van der Waals surface area contributed by atoms with Gasteiger partial charge in [0.05, 0.1) is 0 Å². The average Bonchev–Trinajstić information content (AvgIpc) is 2.47. The molecule has 108 valence electrons. The lowest BCUT2D eigenvalue weighted by atomic mass is 9.65. The summed E-state index contributed by atoms with van der Waals surface area (Å²) in [5.74, 6) is 2.56. The summed E-state index contributed by atoms with van der Waals surface area (Å²) in [7, 11) is 0. The maximum atomic E-state index is 12.1. The van der Waals surface area contributed by atoms with E-state index in [0.29, 0.717) is 0 Å². The number of hydrogen-bond acceptors (Lipinski definition) is 2. The van der Waals surface area contributed by atoms with Crippen molar-refractivity contribution in [1.29, 1.82) is 0 Å². The van der Waals surface area contributed by atoms with Crippen LogP contribution in [0.3, 0.4) is 0 Å². The lowest BCUT2D eigenvalue weighted by Gasteiger charge is -2.42. The van der Waals surface area contributed by atoms with Gasteiger partial charge in [-0.3, -0.25) is 0 Å². The second-order valence-corrected chi connectivity index (χ2v) is 6.79. The first-order valence-electron chi connectivity index (χ1n) is 8.00. The van der Waals surface area contributed by atoms with Crippen LogP contribution in [0.1, 0.15) is 44.9 Å². The minimum absolute atomic E-state index is 0.133. The molecule has 3 N–H and O–H groups in total. The van der Waals surface area contributed by atoms with E-state index in [0.717, 1.165) is 50.2 Å². The van der Waals surface area contributed by atoms with Gasteiger partial charge in [0, 0.05) is 25.7 Å². The van der Waals surface area contributed by atoms with Gasteiger partial charge in [-0.25, -0.2) is 4.79 Å². The molecule has 3 aliphatic carbocycles. The molecule has 1 heterocycles. The Morgan fingerprint density at radius 1 is 1.11 bits per heavy atom. The molecular weight excluding hydrogens is 238 g/mol. The van der Waals surface area contributed by atoms with Gasteiger partial charge in [-0.2, -0.15) is 0 Å². The van der Waals surface area contributed by atoms with Crippen LogP contribution in [-0.4, -0.2) is 36.6 Å². The van der Waals surface area contributed by atoms with E-state index in [9.17, 15) is 4.79 Å². The molecule has 0 aromatic heterocycles. The predicted octanol–water partition coefficient (Wildman–Crippen LogP) is 1.95. The minimum Gasteiger partial charge on any atom is -0.338 e. The quantitative estimate of drug-likeness (QED) is 0.801. The lowest BCUT2D eigenvalue weighted by molar-refractivity contribution is 0.0970. The van der Waals surface area contributed by atoms with Crippen molar-refractivity contribution in [3.05, 3.63) is 0 Å². The molecule has 2 amide bonds. The van der Waals surface area contributed by atoms with Gasteiger partial charge in [-0.15, -0.1) is 0 Å². The van der Waals surface area contributed by atoms with Crippen molar-refractivity contribution in [2.45, 2.75) is 51.0 Å². The van der Waals surface area contributed by atoms with E-state index in [2.05, 4.69) is 5.32 Å². The Hall–Kier alpha value is -0.770. The first kappa shape index (κ1) is 13.2. The zero-order valence-corrected chi connectivity index (χ0v) is 11.8. The Labute approximate surface area is 116 Å². The molecule has 1 atom stereocenters. The van der Waals surface area contributed by atoms with Gasteiger partial charge in [0.1, 0.15) is 0 Å². The van der Waals surface area contributed by atoms with E-state index in [1.807, 2.05) is 4.90 Å². The molecule has 0 aromatic rings. The normalized spacial score (nSPS) is 35.4. The molecule has 4 fully saturated rings. The van der Waals surface area contributed by atoms with E-state index in [4.69, 9.17) is 5.73 Å². The molecule has 1 saturated heterocycles. The third-order valence-electron chi connectivity index (χ3n) is 5.54. The van der Waals surface area contributed by atoms with Gasteiger partial charge < -0.3 is 16.0 Å². The maximum Gasteiger partial charge on any atom is 0.317 e. The van der Waals surface area contributed by atoms with Crippen LogP contribution in [0, 0.1) is 17.8 Å². The van der Waals surface area contributed by atoms with Crippen LogP contribution in [0.5, 0.6) is 0 Å². The fraction of sp³-hybridized carbons (Fsp3) is 0.933. The highest BCUT2D eigenvalue weighted by molar-refractivity contribution is 5.74. The second kappa shape index (κ2) is 5.70. The Kier molecular flexibility index (Phi) is 3.96. The highest BCUT2D eigenvalue weighted by Gasteiger charge is 2.35. The Morgan fingerprint density at radius 3 is 2.37 bits per heavy atom. The SMILES string of the molecule is NC1CCN(C(=O)NCC2CC3CCC2CC3)CC1. The standard InChI is InChI=1S/C15H27N3O/c16-14-5-7-18(8-6-14)15(19)17-10-13-9-11-1-3-12(13)4-2-11/h11-14H,1-10,16H2,(H,17,19). The number of urea groups is 1. The Balaban J connectivity index is 1.43. The van der Waals surface area contributed by atoms with Gasteiger partial charge in [-0.05, 0) is 49.9 Å². The number of piperidine rings is 1. The van der Waals surface area contributed by atoms with Crippen molar-refractivity contribution in [2.75, 3.05) is 19.6 Å².